The van der Waals surface area contributed by atoms with E-state index in [2.05, 4.69) is 25.9 Å². The van der Waals surface area contributed by atoms with E-state index < -0.39 is 0 Å². The summed E-state index contributed by atoms with van der Waals surface area (Å²) in [6, 6.07) is 7.94. The Balaban J connectivity index is 1.74. The molecule has 5 nitrogen and oxygen atoms in total. The lowest BCUT2D eigenvalue weighted by atomic mass is 10.2. The molecule has 0 unspecified atom stereocenters. The number of halogens is 1. The molecular formula is C14H20ClN3O2. The number of alkyl carbamates (subject to hydrolysis) is 1. The summed E-state index contributed by atoms with van der Waals surface area (Å²) in [7, 11) is 1.37. The van der Waals surface area contributed by atoms with Crippen molar-refractivity contribution in [2.75, 3.05) is 51.3 Å². The highest BCUT2D eigenvalue weighted by Crippen LogP contribution is 2.20. The van der Waals surface area contributed by atoms with E-state index in [0.29, 0.717) is 6.54 Å². The quantitative estimate of drug-likeness (QED) is 0.921. The van der Waals surface area contributed by atoms with Gasteiger partial charge in [0.2, 0.25) is 0 Å². The fourth-order valence-electron chi connectivity index (χ4n) is 2.29. The largest absolute Gasteiger partial charge is 0.453 e. The van der Waals surface area contributed by atoms with Crippen molar-refractivity contribution in [2.45, 2.75) is 0 Å². The van der Waals surface area contributed by atoms with E-state index in [-0.39, 0.29) is 6.09 Å². The molecule has 1 aromatic rings. The van der Waals surface area contributed by atoms with E-state index >= 15 is 0 Å². The van der Waals surface area contributed by atoms with Crippen LogP contribution in [0.15, 0.2) is 24.3 Å². The molecule has 0 spiro atoms. The SMILES string of the molecule is COC(=O)NCCN1CCN(c2cccc(Cl)c2)CC1. The number of nitrogens with zero attached hydrogens (tertiary/aromatic N) is 2. The van der Waals surface area contributed by atoms with Crippen molar-refractivity contribution in [3.8, 4) is 0 Å². The Bertz CT molecular complexity index is 448. The van der Waals surface area contributed by atoms with Crippen LogP contribution in [-0.2, 0) is 4.74 Å². The van der Waals surface area contributed by atoms with Crippen molar-refractivity contribution in [3.63, 3.8) is 0 Å². The number of amides is 1. The maximum absolute atomic E-state index is 10.9. The molecule has 1 fully saturated rings. The molecule has 1 aliphatic rings. The van der Waals surface area contributed by atoms with E-state index in [9.17, 15) is 4.79 Å². The van der Waals surface area contributed by atoms with Gasteiger partial charge >= 0.3 is 6.09 Å². The first kappa shape index (κ1) is 14.9. The molecule has 1 N–H and O–H groups in total. The van der Waals surface area contributed by atoms with Crippen LogP contribution in [0.5, 0.6) is 0 Å². The monoisotopic (exact) mass is 297 g/mol. The van der Waals surface area contributed by atoms with Crippen LogP contribution in [0, 0.1) is 0 Å². The topological polar surface area (TPSA) is 44.8 Å². The molecule has 6 heteroatoms. The van der Waals surface area contributed by atoms with Crippen molar-refractivity contribution in [3.05, 3.63) is 29.3 Å². The van der Waals surface area contributed by atoms with Crippen molar-refractivity contribution in [1.29, 1.82) is 0 Å². The van der Waals surface area contributed by atoms with Gasteiger partial charge in [0.15, 0.2) is 0 Å². The molecule has 0 atom stereocenters. The van der Waals surface area contributed by atoms with Gasteiger partial charge < -0.3 is 15.0 Å². The number of carbonyl (C=O) groups is 1. The number of methoxy groups -OCH3 is 1. The Hall–Kier alpha value is -1.46. The van der Waals surface area contributed by atoms with Gasteiger partial charge in [-0.1, -0.05) is 17.7 Å². The zero-order valence-corrected chi connectivity index (χ0v) is 12.4. The molecule has 0 saturated carbocycles. The van der Waals surface area contributed by atoms with Gasteiger partial charge in [0.25, 0.3) is 0 Å². The number of anilines is 1. The van der Waals surface area contributed by atoms with Crippen LogP contribution in [0.4, 0.5) is 10.5 Å². The van der Waals surface area contributed by atoms with Gasteiger partial charge in [-0.3, -0.25) is 4.90 Å². The molecule has 0 radical (unpaired) electrons. The second kappa shape index (κ2) is 7.36. The lowest BCUT2D eigenvalue weighted by Crippen LogP contribution is -2.48. The molecule has 1 amide bonds. The Kier molecular flexibility index (Phi) is 5.49. The number of carbonyl (C=O) groups excluding carboxylic acids is 1. The van der Waals surface area contributed by atoms with Gasteiger partial charge in [0.1, 0.15) is 0 Å². The Morgan fingerprint density at radius 1 is 1.35 bits per heavy atom. The van der Waals surface area contributed by atoms with Gasteiger partial charge in [-0.05, 0) is 18.2 Å². The maximum atomic E-state index is 10.9. The standard InChI is InChI=1S/C14H20ClN3O2/c1-20-14(19)16-5-6-17-7-9-18(10-8-17)13-4-2-3-12(15)11-13/h2-4,11H,5-10H2,1H3,(H,16,19). The summed E-state index contributed by atoms with van der Waals surface area (Å²) in [5.41, 5.74) is 1.17. The van der Waals surface area contributed by atoms with E-state index in [1.807, 2.05) is 18.2 Å². The molecule has 2 rings (SSSR count). The summed E-state index contributed by atoms with van der Waals surface area (Å²) in [6.45, 7) is 5.37. The summed E-state index contributed by atoms with van der Waals surface area (Å²) in [4.78, 5) is 15.6. The molecular weight excluding hydrogens is 278 g/mol. The molecule has 1 aromatic carbocycles. The molecule has 1 heterocycles. The number of hydrogen-bond acceptors (Lipinski definition) is 4. The summed E-state index contributed by atoms with van der Waals surface area (Å²) < 4.78 is 4.54. The second-order valence-corrected chi connectivity index (χ2v) is 5.16. The summed E-state index contributed by atoms with van der Waals surface area (Å²) in [6.07, 6.45) is -0.373. The zero-order chi connectivity index (χ0) is 14.4. The van der Waals surface area contributed by atoms with E-state index in [4.69, 9.17) is 11.6 Å². The lowest BCUT2D eigenvalue weighted by molar-refractivity contribution is 0.168. The number of benzene rings is 1. The second-order valence-electron chi connectivity index (χ2n) is 4.73. The Morgan fingerprint density at radius 2 is 2.10 bits per heavy atom. The molecule has 0 aromatic heterocycles. The molecule has 0 bridgehead atoms. The van der Waals surface area contributed by atoms with Crippen molar-refractivity contribution in [2.24, 2.45) is 0 Å². The first-order valence-electron chi connectivity index (χ1n) is 6.74. The zero-order valence-electron chi connectivity index (χ0n) is 11.6. The minimum Gasteiger partial charge on any atom is -0.453 e. The number of piperazine rings is 1. The van der Waals surface area contributed by atoms with Crippen LogP contribution in [0.25, 0.3) is 0 Å². The van der Waals surface area contributed by atoms with Crippen LogP contribution in [0.3, 0.4) is 0 Å². The number of ether oxygens (including phenoxy) is 1. The van der Waals surface area contributed by atoms with E-state index in [0.717, 1.165) is 37.7 Å². The fraction of sp³-hybridized carbons (Fsp3) is 0.500. The predicted molar refractivity (Wildman–Crippen MR) is 80.5 cm³/mol. The predicted octanol–water partition coefficient (Wildman–Crippen LogP) is 1.82. The third-order valence-electron chi connectivity index (χ3n) is 3.43. The number of rotatable bonds is 4. The van der Waals surface area contributed by atoms with Crippen LogP contribution in [-0.4, -0.2) is 57.4 Å². The summed E-state index contributed by atoms with van der Waals surface area (Å²) in [5, 5.41) is 3.47. The minimum absolute atomic E-state index is 0.373. The maximum Gasteiger partial charge on any atom is 0.406 e. The highest BCUT2D eigenvalue weighted by Gasteiger charge is 2.17. The van der Waals surface area contributed by atoms with Gasteiger partial charge in [-0.25, -0.2) is 4.79 Å². The first-order valence-corrected chi connectivity index (χ1v) is 7.11. The first-order chi connectivity index (χ1) is 9.69. The minimum atomic E-state index is -0.373. The van der Waals surface area contributed by atoms with Crippen molar-refractivity contribution < 1.29 is 9.53 Å². The third kappa shape index (κ3) is 4.28. The average Bonchev–Trinajstić information content (AvgIpc) is 2.48. The summed E-state index contributed by atoms with van der Waals surface area (Å²) >= 11 is 6.02. The van der Waals surface area contributed by atoms with Gasteiger partial charge in [0.05, 0.1) is 7.11 Å². The Morgan fingerprint density at radius 3 is 2.75 bits per heavy atom. The van der Waals surface area contributed by atoms with Crippen LogP contribution < -0.4 is 10.2 Å². The van der Waals surface area contributed by atoms with E-state index in [1.54, 1.807) is 0 Å². The van der Waals surface area contributed by atoms with Crippen LogP contribution in [0.2, 0.25) is 5.02 Å². The molecule has 0 aliphatic carbocycles. The molecule has 20 heavy (non-hydrogen) atoms. The highest BCUT2D eigenvalue weighted by molar-refractivity contribution is 6.30. The third-order valence-corrected chi connectivity index (χ3v) is 3.66. The molecule has 1 saturated heterocycles. The van der Waals surface area contributed by atoms with Gasteiger partial charge in [-0.15, -0.1) is 0 Å². The van der Waals surface area contributed by atoms with E-state index in [1.165, 1.54) is 12.8 Å². The molecule has 110 valence electrons. The molecule has 1 aliphatic heterocycles. The smallest absolute Gasteiger partial charge is 0.406 e. The number of hydrogen-bond donors (Lipinski definition) is 1. The van der Waals surface area contributed by atoms with Gasteiger partial charge in [0, 0.05) is 50.0 Å². The van der Waals surface area contributed by atoms with Crippen LogP contribution >= 0.6 is 11.6 Å². The fourth-order valence-corrected chi connectivity index (χ4v) is 2.48. The van der Waals surface area contributed by atoms with Crippen molar-refractivity contribution in [1.82, 2.24) is 10.2 Å². The van der Waals surface area contributed by atoms with Crippen LogP contribution in [0.1, 0.15) is 0 Å². The lowest BCUT2D eigenvalue weighted by Gasteiger charge is -2.36. The normalized spacial score (nSPS) is 16.0. The van der Waals surface area contributed by atoms with Crippen molar-refractivity contribution >= 4 is 23.4 Å². The average molecular weight is 298 g/mol. The number of nitrogens with one attached hydrogen (secondary N) is 1. The van der Waals surface area contributed by atoms with Gasteiger partial charge in [-0.2, -0.15) is 0 Å². The summed E-state index contributed by atoms with van der Waals surface area (Å²) in [5.74, 6) is 0. The Labute approximate surface area is 124 Å². The highest BCUT2D eigenvalue weighted by atomic mass is 35.5.